The summed E-state index contributed by atoms with van der Waals surface area (Å²) in [5.41, 5.74) is 3.36. The Bertz CT molecular complexity index is 644. The summed E-state index contributed by atoms with van der Waals surface area (Å²) in [6.45, 7) is 2.15. The van der Waals surface area contributed by atoms with E-state index in [1.165, 1.54) is 12.0 Å². The number of hydrogen-bond acceptors (Lipinski definition) is 1. The third-order valence-corrected chi connectivity index (χ3v) is 5.06. The minimum atomic E-state index is 0.285. The molecule has 2 unspecified atom stereocenters. The van der Waals surface area contributed by atoms with Crippen molar-refractivity contribution in [2.45, 2.75) is 32.6 Å². The van der Waals surface area contributed by atoms with Crippen molar-refractivity contribution in [3.05, 3.63) is 35.5 Å². The number of aryl methyl sites for hydroxylation is 1. The number of benzene rings is 1. The molecule has 2 saturated carbocycles. The number of rotatable bonds is 3. The second kappa shape index (κ2) is 3.96. The zero-order valence-corrected chi connectivity index (χ0v) is 11.3. The van der Waals surface area contributed by atoms with Crippen molar-refractivity contribution in [1.29, 1.82) is 0 Å². The summed E-state index contributed by atoms with van der Waals surface area (Å²) in [5, 5.41) is 1.12. The molecule has 2 nitrogen and oxygen atoms in total. The highest BCUT2D eigenvalue weighted by molar-refractivity contribution is 6.09. The fourth-order valence-corrected chi connectivity index (χ4v) is 3.86. The lowest BCUT2D eigenvalue weighted by atomic mass is 9.92. The van der Waals surface area contributed by atoms with Gasteiger partial charge in [0.2, 0.25) is 0 Å². The molecule has 1 aromatic heterocycles. The maximum absolute atomic E-state index is 12.7. The minimum Gasteiger partial charge on any atom is -0.360 e. The first-order valence-corrected chi connectivity index (χ1v) is 7.41. The third kappa shape index (κ3) is 1.66. The molecule has 2 aliphatic carbocycles. The molecule has 2 aromatic rings. The molecule has 0 amide bonds. The van der Waals surface area contributed by atoms with Gasteiger partial charge in [-0.25, -0.2) is 0 Å². The lowest BCUT2D eigenvalue weighted by Crippen LogP contribution is -2.12. The fourth-order valence-electron chi connectivity index (χ4n) is 3.86. The second-order valence-corrected chi connectivity index (χ2v) is 6.18. The van der Waals surface area contributed by atoms with Crippen molar-refractivity contribution in [3.63, 3.8) is 0 Å². The maximum atomic E-state index is 12.7. The van der Waals surface area contributed by atoms with Gasteiger partial charge in [-0.05, 0) is 43.1 Å². The van der Waals surface area contributed by atoms with Crippen LogP contribution in [0.15, 0.2) is 24.4 Å². The van der Waals surface area contributed by atoms with Gasteiger partial charge in [0.25, 0.3) is 0 Å². The average Bonchev–Trinajstić information content (AvgIpc) is 2.89. The van der Waals surface area contributed by atoms with E-state index in [-0.39, 0.29) is 5.92 Å². The van der Waals surface area contributed by atoms with Crippen LogP contribution in [0.1, 0.15) is 42.1 Å². The number of H-pyrrole nitrogens is 1. The second-order valence-electron chi connectivity index (χ2n) is 6.18. The van der Waals surface area contributed by atoms with Crippen LogP contribution in [0.25, 0.3) is 10.9 Å². The number of carbonyl (C=O) groups is 1. The summed E-state index contributed by atoms with van der Waals surface area (Å²) in [7, 11) is 0. The average molecular weight is 253 g/mol. The van der Waals surface area contributed by atoms with E-state index in [9.17, 15) is 4.79 Å². The van der Waals surface area contributed by atoms with Crippen LogP contribution < -0.4 is 0 Å². The van der Waals surface area contributed by atoms with Crippen LogP contribution in [-0.4, -0.2) is 10.8 Å². The number of para-hydroxylation sites is 1. The van der Waals surface area contributed by atoms with Crippen molar-refractivity contribution in [3.8, 4) is 0 Å². The topological polar surface area (TPSA) is 32.9 Å². The normalized spacial score (nSPS) is 28.6. The predicted molar refractivity (Wildman–Crippen MR) is 76.3 cm³/mol. The smallest absolute Gasteiger partial charge is 0.168 e. The standard InChI is InChI=1S/C17H19NO/c1-2-10-4-3-5-14-15(9-18-16(10)14)17(19)13-7-11-6-12(11)8-13/h3-5,9,11-13,18H,2,6-8H2,1H3. The first-order valence-electron chi connectivity index (χ1n) is 7.41. The lowest BCUT2D eigenvalue weighted by Gasteiger charge is -2.09. The van der Waals surface area contributed by atoms with E-state index in [0.29, 0.717) is 5.78 Å². The van der Waals surface area contributed by atoms with Crippen molar-refractivity contribution >= 4 is 16.7 Å². The van der Waals surface area contributed by atoms with Crippen molar-refractivity contribution in [1.82, 2.24) is 4.98 Å². The monoisotopic (exact) mass is 253 g/mol. The molecule has 0 spiro atoms. The van der Waals surface area contributed by atoms with Gasteiger partial charge in [0, 0.05) is 28.6 Å². The number of nitrogens with one attached hydrogen (secondary N) is 1. The SMILES string of the molecule is CCc1cccc2c(C(=O)C3CC4CC4C3)c[nH]c12. The summed E-state index contributed by atoms with van der Waals surface area (Å²) >= 11 is 0. The van der Waals surface area contributed by atoms with Crippen molar-refractivity contribution in [2.75, 3.05) is 0 Å². The number of aromatic nitrogens is 1. The van der Waals surface area contributed by atoms with Crippen LogP contribution in [0.5, 0.6) is 0 Å². The van der Waals surface area contributed by atoms with Gasteiger partial charge in [0.05, 0.1) is 0 Å². The van der Waals surface area contributed by atoms with Gasteiger partial charge in [-0.15, -0.1) is 0 Å². The number of aromatic amines is 1. The van der Waals surface area contributed by atoms with Crippen LogP contribution in [0, 0.1) is 17.8 Å². The zero-order chi connectivity index (χ0) is 13.0. The quantitative estimate of drug-likeness (QED) is 0.825. The fraction of sp³-hybridized carbons (Fsp3) is 0.471. The molecule has 0 radical (unpaired) electrons. The van der Waals surface area contributed by atoms with Gasteiger partial charge in [0.1, 0.15) is 0 Å². The first kappa shape index (κ1) is 11.3. The Labute approximate surface area is 113 Å². The molecule has 98 valence electrons. The van der Waals surface area contributed by atoms with E-state index in [4.69, 9.17) is 0 Å². The minimum absolute atomic E-state index is 0.285. The summed E-state index contributed by atoms with van der Waals surface area (Å²) in [5.74, 6) is 2.38. The number of carbonyl (C=O) groups excluding carboxylic acids is 1. The number of hydrogen-bond donors (Lipinski definition) is 1. The number of ketones is 1. The van der Waals surface area contributed by atoms with Crippen LogP contribution in [-0.2, 0) is 6.42 Å². The molecule has 0 saturated heterocycles. The summed E-state index contributed by atoms with van der Waals surface area (Å²) in [6, 6.07) is 6.28. The van der Waals surface area contributed by atoms with Crippen LogP contribution in [0.2, 0.25) is 0 Å². The number of Topliss-reactive ketones (excluding diaryl/α,β-unsaturated/α-hetero) is 1. The Balaban J connectivity index is 1.72. The van der Waals surface area contributed by atoms with Gasteiger partial charge >= 0.3 is 0 Å². The van der Waals surface area contributed by atoms with E-state index in [1.54, 1.807) is 0 Å². The Morgan fingerprint density at radius 2 is 2.05 bits per heavy atom. The molecule has 19 heavy (non-hydrogen) atoms. The molecule has 1 N–H and O–H groups in total. The summed E-state index contributed by atoms with van der Waals surface area (Å²) in [4.78, 5) is 16.0. The molecule has 2 fully saturated rings. The lowest BCUT2D eigenvalue weighted by molar-refractivity contribution is 0.0916. The molecule has 2 aliphatic rings. The van der Waals surface area contributed by atoms with Gasteiger partial charge in [-0.2, -0.15) is 0 Å². The Kier molecular flexibility index (Phi) is 2.35. The summed E-state index contributed by atoms with van der Waals surface area (Å²) in [6.07, 6.45) is 6.56. The van der Waals surface area contributed by atoms with Gasteiger partial charge < -0.3 is 4.98 Å². The first-order chi connectivity index (χ1) is 9.28. The number of fused-ring (bicyclic) bond motifs is 2. The Morgan fingerprint density at radius 1 is 1.26 bits per heavy atom. The molecule has 0 aliphatic heterocycles. The molecular formula is C17H19NO. The van der Waals surface area contributed by atoms with Gasteiger partial charge in [-0.3, -0.25) is 4.79 Å². The van der Waals surface area contributed by atoms with Crippen molar-refractivity contribution in [2.24, 2.45) is 17.8 Å². The molecule has 2 heteroatoms. The van der Waals surface area contributed by atoms with Gasteiger partial charge in [-0.1, -0.05) is 25.1 Å². The maximum Gasteiger partial charge on any atom is 0.168 e. The highest BCUT2D eigenvalue weighted by Gasteiger charge is 2.48. The summed E-state index contributed by atoms with van der Waals surface area (Å²) < 4.78 is 0. The zero-order valence-electron chi connectivity index (χ0n) is 11.3. The molecule has 0 bridgehead atoms. The highest BCUT2D eigenvalue weighted by Crippen LogP contribution is 2.55. The molecule has 1 heterocycles. The van der Waals surface area contributed by atoms with E-state index in [2.05, 4.69) is 30.1 Å². The molecular weight excluding hydrogens is 234 g/mol. The van der Waals surface area contributed by atoms with E-state index in [0.717, 1.165) is 47.6 Å². The van der Waals surface area contributed by atoms with E-state index < -0.39 is 0 Å². The highest BCUT2D eigenvalue weighted by atomic mass is 16.1. The van der Waals surface area contributed by atoms with Gasteiger partial charge in [0.15, 0.2) is 5.78 Å². The van der Waals surface area contributed by atoms with E-state index in [1.807, 2.05) is 6.20 Å². The predicted octanol–water partition coefficient (Wildman–Crippen LogP) is 3.96. The van der Waals surface area contributed by atoms with Crippen LogP contribution >= 0.6 is 0 Å². The molecule has 2 atom stereocenters. The Hall–Kier alpha value is -1.57. The van der Waals surface area contributed by atoms with Crippen molar-refractivity contribution < 1.29 is 4.79 Å². The molecule has 1 aromatic carbocycles. The third-order valence-electron chi connectivity index (χ3n) is 5.06. The molecule has 4 rings (SSSR count). The van der Waals surface area contributed by atoms with Crippen LogP contribution in [0.4, 0.5) is 0 Å². The Morgan fingerprint density at radius 3 is 2.79 bits per heavy atom. The largest absolute Gasteiger partial charge is 0.360 e. The van der Waals surface area contributed by atoms with E-state index >= 15 is 0 Å². The van der Waals surface area contributed by atoms with Crippen LogP contribution in [0.3, 0.4) is 0 Å².